The molecule has 31 heavy (non-hydrogen) atoms. The number of para-hydroxylation sites is 1. The van der Waals surface area contributed by atoms with E-state index in [1.807, 2.05) is 0 Å². The Bertz CT molecular complexity index is 1220. The number of hydrogen-bond acceptors (Lipinski definition) is 7. The number of pyridine rings is 1. The number of ether oxygens (including phenoxy) is 2. The zero-order valence-electron chi connectivity index (χ0n) is 16.7. The van der Waals surface area contributed by atoms with E-state index in [1.165, 1.54) is 26.1 Å². The highest BCUT2D eigenvalue weighted by Crippen LogP contribution is 2.27. The van der Waals surface area contributed by atoms with Crippen LogP contribution < -0.4 is 5.32 Å². The van der Waals surface area contributed by atoms with Crippen LogP contribution in [-0.2, 0) is 19.1 Å². The van der Waals surface area contributed by atoms with E-state index in [0.717, 1.165) is 0 Å². The van der Waals surface area contributed by atoms with Gasteiger partial charge in [0, 0.05) is 36.7 Å². The molecule has 0 bridgehead atoms. The lowest BCUT2D eigenvalue weighted by Crippen LogP contribution is -2.42. The van der Waals surface area contributed by atoms with Gasteiger partial charge >= 0.3 is 17.9 Å². The van der Waals surface area contributed by atoms with E-state index in [2.05, 4.69) is 10.3 Å². The van der Waals surface area contributed by atoms with Crippen LogP contribution in [0.5, 0.6) is 0 Å². The minimum absolute atomic E-state index is 0.171. The Kier molecular flexibility index (Phi) is 4.90. The van der Waals surface area contributed by atoms with Crippen molar-refractivity contribution in [3.63, 3.8) is 0 Å². The van der Waals surface area contributed by atoms with Gasteiger partial charge < -0.3 is 19.9 Å². The van der Waals surface area contributed by atoms with Crippen molar-refractivity contribution in [3.05, 3.63) is 71.9 Å². The molecule has 156 valence electrons. The maximum absolute atomic E-state index is 12.0. The van der Waals surface area contributed by atoms with E-state index in [0.29, 0.717) is 27.8 Å². The van der Waals surface area contributed by atoms with Crippen LogP contribution in [0.4, 0.5) is 5.69 Å². The van der Waals surface area contributed by atoms with Crippen LogP contribution in [0.25, 0.3) is 22.2 Å². The number of cyclic esters (lactones) is 2. The van der Waals surface area contributed by atoms with Crippen molar-refractivity contribution in [2.24, 2.45) is 0 Å². The summed E-state index contributed by atoms with van der Waals surface area (Å²) in [5.74, 6) is -3.87. The number of aromatic carboxylic acids is 1. The van der Waals surface area contributed by atoms with Gasteiger partial charge in [0.1, 0.15) is 0 Å². The number of aromatic nitrogens is 1. The number of rotatable bonds is 4. The summed E-state index contributed by atoms with van der Waals surface area (Å²) in [7, 11) is 0. The Morgan fingerprint density at radius 2 is 1.68 bits per heavy atom. The van der Waals surface area contributed by atoms with Crippen LogP contribution in [0.2, 0.25) is 0 Å². The molecule has 4 rings (SSSR count). The summed E-state index contributed by atoms with van der Waals surface area (Å²) in [6.07, 6.45) is 1.23. The predicted octanol–water partition coefficient (Wildman–Crippen LogP) is 3.73. The van der Waals surface area contributed by atoms with E-state index >= 15 is 0 Å². The summed E-state index contributed by atoms with van der Waals surface area (Å²) in [4.78, 5) is 40.2. The molecule has 2 N–H and O–H groups in total. The van der Waals surface area contributed by atoms with Gasteiger partial charge in [-0.05, 0) is 24.3 Å². The van der Waals surface area contributed by atoms with Crippen molar-refractivity contribution < 1.29 is 29.0 Å². The Labute approximate surface area is 177 Å². The number of hydrogen-bond donors (Lipinski definition) is 2. The fraction of sp³-hybridized carbons (Fsp3) is 0.130. The second kappa shape index (κ2) is 7.56. The molecule has 1 aromatic heterocycles. The standard InChI is InChI=1S/C23H18N2O6/c1-23(2)30-21(28)17(22(29)31-23)12-24-14-9-7-13(8-10-14)19-11-16(20(26)27)15-5-3-4-6-18(15)25-19/h3-12,24H,1-2H3,(H,26,27). The quantitative estimate of drug-likeness (QED) is 0.374. The normalized spacial score (nSPS) is 15.2. The van der Waals surface area contributed by atoms with Gasteiger partial charge in [0.2, 0.25) is 0 Å². The zero-order chi connectivity index (χ0) is 22.2. The fourth-order valence-electron chi connectivity index (χ4n) is 3.17. The highest BCUT2D eigenvalue weighted by Gasteiger charge is 2.38. The maximum Gasteiger partial charge on any atom is 0.350 e. The van der Waals surface area contributed by atoms with E-state index in [1.54, 1.807) is 48.5 Å². The predicted molar refractivity (Wildman–Crippen MR) is 112 cm³/mol. The lowest BCUT2D eigenvalue weighted by molar-refractivity contribution is -0.222. The van der Waals surface area contributed by atoms with Gasteiger partial charge in [-0.3, -0.25) is 0 Å². The van der Waals surface area contributed by atoms with Gasteiger partial charge in [0.15, 0.2) is 5.57 Å². The molecule has 0 unspecified atom stereocenters. The topological polar surface area (TPSA) is 115 Å². The summed E-state index contributed by atoms with van der Waals surface area (Å²) in [5.41, 5.74) is 2.34. The molecule has 0 saturated carbocycles. The van der Waals surface area contributed by atoms with E-state index in [9.17, 15) is 19.5 Å². The van der Waals surface area contributed by atoms with Gasteiger partial charge in [-0.25, -0.2) is 19.4 Å². The third-order valence-electron chi connectivity index (χ3n) is 4.63. The molecule has 0 amide bonds. The van der Waals surface area contributed by atoms with E-state index < -0.39 is 23.7 Å². The number of carboxylic acid groups (broad SMARTS) is 1. The third-order valence-corrected chi connectivity index (χ3v) is 4.63. The first-order valence-corrected chi connectivity index (χ1v) is 9.40. The van der Waals surface area contributed by atoms with Gasteiger partial charge in [-0.2, -0.15) is 0 Å². The summed E-state index contributed by atoms with van der Waals surface area (Å²) in [6, 6.07) is 15.5. The monoisotopic (exact) mass is 418 g/mol. The summed E-state index contributed by atoms with van der Waals surface area (Å²) >= 11 is 0. The second-order valence-electron chi connectivity index (χ2n) is 7.34. The third kappa shape index (κ3) is 4.09. The van der Waals surface area contributed by atoms with Crippen molar-refractivity contribution in [1.29, 1.82) is 0 Å². The Morgan fingerprint density at radius 3 is 2.32 bits per heavy atom. The van der Waals surface area contributed by atoms with Gasteiger partial charge in [0.05, 0.1) is 16.8 Å². The van der Waals surface area contributed by atoms with Crippen LogP contribution in [0, 0.1) is 0 Å². The molecule has 1 aliphatic heterocycles. The number of carbonyl (C=O) groups excluding carboxylic acids is 2. The number of benzene rings is 2. The molecule has 3 aromatic rings. The average molecular weight is 418 g/mol. The van der Waals surface area contributed by atoms with Gasteiger partial charge in [-0.1, -0.05) is 30.3 Å². The van der Waals surface area contributed by atoms with Crippen molar-refractivity contribution in [2.75, 3.05) is 5.32 Å². The maximum atomic E-state index is 12.0. The number of anilines is 1. The number of fused-ring (bicyclic) bond motifs is 1. The zero-order valence-corrected chi connectivity index (χ0v) is 16.7. The molecule has 8 heteroatoms. The van der Waals surface area contributed by atoms with Crippen LogP contribution >= 0.6 is 0 Å². The molecule has 2 aromatic carbocycles. The van der Waals surface area contributed by atoms with Crippen molar-refractivity contribution >= 4 is 34.5 Å². The molecular weight excluding hydrogens is 400 g/mol. The molecular formula is C23H18N2O6. The summed E-state index contributed by atoms with van der Waals surface area (Å²) in [5, 5.41) is 13.0. The Morgan fingerprint density at radius 1 is 1.03 bits per heavy atom. The van der Waals surface area contributed by atoms with Crippen LogP contribution in [0.15, 0.2) is 66.4 Å². The minimum atomic E-state index is -1.30. The van der Waals surface area contributed by atoms with Gasteiger partial charge in [-0.15, -0.1) is 0 Å². The van der Waals surface area contributed by atoms with Crippen molar-refractivity contribution in [3.8, 4) is 11.3 Å². The molecule has 0 atom stereocenters. The number of nitrogens with zero attached hydrogens (tertiary/aromatic N) is 1. The molecule has 0 spiro atoms. The number of nitrogens with one attached hydrogen (secondary N) is 1. The van der Waals surface area contributed by atoms with Crippen molar-refractivity contribution in [2.45, 2.75) is 19.6 Å². The average Bonchev–Trinajstić information content (AvgIpc) is 2.72. The molecule has 0 aliphatic carbocycles. The van der Waals surface area contributed by atoms with Crippen LogP contribution in [0.3, 0.4) is 0 Å². The number of carbonyl (C=O) groups is 3. The van der Waals surface area contributed by atoms with E-state index in [-0.39, 0.29) is 11.1 Å². The first-order chi connectivity index (χ1) is 14.7. The Hall–Kier alpha value is -4.20. The smallest absolute Gasteiger partial charge is 0.350 e. The van der Waals surface area contributed by atoms with Crippen LogP contribution in [0.1, 0.15) is 24.2 Å². The second-order valence-corrected chi connectivity index (χ2v) is 7.34. The largest absolute Gasteiger partial charge is 0.478 e. The van der Waals surface area contributed by atoms with Crippen LogP contribution in [-0.4, -0.2) is 33.8 Å². The lowest BCUT2D eigenvalue weighted by atomic mass is 10.0. The molecule has 2 heterocycles. The summed E-state index contributed by atoms with van der Waals surface area (Å²) < 4.78 is 10.1. The van der Waals surface area contributed by atoms with Gasteiger partial charge in [0.25, 0.3) is 5.79 Å². The molecule has 0 radical (unpaired) electrons. The number of carboxylic acids is 1. The summed E-state index contributed by atoms with van der Waals surface area (Å²) in [6.45, 7) is 2.95. The molecule has 1 aliphatic rings. The number of esters is 2. The molecule has 8 nitrogen and oxygen atoms in total. The van der Waals surface area contributed by atoms with Crippen molar-refractivity contribution in [1.82, 2.24) is 4.98 Å². The fourth-order valence-corrected chi connectivity index (χ4v) is 3.17. The Balaban J connectivity index is 1.59. The molecule has 1 saturated heterocycles. The molecule has 1 fully saturated rings. The minimum Gasteiger partial charge on any atom is -0.478 e. The highest BCUT2D eigenvalue weighted by molar-refractivity contribution is 6.15. The highest BCUT2D eigenvalue weighted by atomic mass is 16.7. The first-order valence-electron chi connectivity index (χ1n) is 9.40. The van der Waals surface area contributed by atoms with E-state index in [4.69, 9.17) is 9.47 Å². The first kappa shape index (κ1) is 20.1. The lowest BCUT2D eigenvalue weighted by Gasteiger charge is -2.29. The SMILES string of the molecule is CC1(C)OC(=O)C(=CNc2ccc(-c3cc(C(=O)O)c4ccccc4n3)cc2)C(=O)O1.